The molecule has 2 bridgehead atoms. The Labute approximate surface area is 292 Å². The summed E-state index contributed by atoms with van der Waals surface area (Å²) in [5, 5.41) is 23.6. The summed E-state index contributed by atoms with van der Waals surface area (Å²) >= 11 is 2.52. The molecular formula is C35H41IN8O4. The number of rotatable bonds is 8. The third-order valence-electron chi connectivity index (χ3n) is 11.9. The summed E-state index contributed by atoms with van der Waals surface area (Å²) in [4.78, 5) is 42.7. The number of H-pyrrole nitrogens is 1. The van der Waals surface area contributed by atoms with E-state index in [4.69, 9.17) is 4.74 Å². The van der Waals surface area contributed by atoms with Gasteiger partial charge >= 0.3 is 5.97 Å². The number of hydrogen-bond acceptors (Lipinski definition) is 10. The highest BCUT2D eigenvalue weighted by Crippen LogP contribution is 2.68. The molecule has 3 aliphatic rings. The lowest BCUT2D eigenvalue weighted by Crippen LogP contribution is -2.62. The van der Waals surface area contributed by atoms with E-state index in [-0.39, 0.29) is 51.4 Å². The van der Waals surface area contributed by atoms with Gasteiger partial charge < -0.3 is 20.1 Å². The maximum atomic E-state index is 13.7. The minimum Gasteiger partial charge on any atom is -0.464 e. The first-order valence-electron chi connectivity index (χ1n) is 16.5. The number of carbonyl (C=O) groups excluding carboxylic acids is 2. The molecule has 252 valence electrons. The summed E-state index contributed by atoms with van der Waals surface area (Å²) in [6.07, 6.45) is 9.77. The number of hydrogen-bond donors (Lipinski definition) is 3. The number of aliphatic hydroxyl groups is 1. The van der Waals surface area contributed by atoms with Crippen molar-refractivity contribution in [3.8, 4) is 11.3 Å². The number of ketones is 1. The van der Waals surface area contributed by atoms with E-state index in [0.717, 1.165) is 30.5 Å². The number of alkyl halides is 1. The number of fused-ring (bicyclic) bond motifs is 1. The van der Waals surface area contributed by atoms with Crippen molar-refractivity contribution in [3.63, 3.8) is 0 Å². The van der Waals surface area contributed by atoms with Crippen LogP contribution in [0.25, 0.3) is 22.4 Å². The number of anilines is 2. The zero-order valence-corrected chi connectivity index (χ0v) is 29.6. The van der Waals surface area contributed by atoms with E-state index in [1.807, 2.05) is 30.3 Å². The fourth-order valence-corrected chi connectivity index (χ4v) is 10.3. The van der Waals surface area contributed by atoms with Gasteiger partial charge in [-0.05, 0) is 54.6 Å². The van der Waals surface area contributed by atoms with Crippen LogP contribution in [0.2, 0.25) is 0 Å². The van der Waals surface area contributed by atoms with Crippen LogP contribution in [0.15, 0.2) is 55.8 Å². The van der Waals surface area contributed by atoms with Crippen molar-refractivity contribution in [1.82, 2.24) is 34.9 Å². The number of aromatic amines is 1. The van der Waals surface area contributed by atoms with Crippen molar-refractivity contribution in [2.45, 2.75) is 69.4 Å². The van der Waals surface area contributed by atoms with E-state index >= 15 is 0 Å². The molecular weight excluding hydrogens is 723 g/mol. The number of benzene rings is 1. The first-order valence-corrected chi connectivity index (χ1v) is 17.8. The molecule has 0 radical (unpaired) electrons. The highest BCUT2D eigenvalue weighted by molar-refractivity contribution is 14.1. The Kier molecular flexibility index (Phi) is 8.41. The second kappa shape index (κ2) is 12.3. The van der Waals surface area contributed by atoms with Crippen LogP contribution in [0.5, 0.6) is 0 Å². The molecule has 12 nitrogen and oxygen atoms in total. The van der Waals surface area contributed by atoms with Gasteiger partial charge in [0.15, 0.2) is 11.5 Å². The molecule has 0 amide bonds. The third-order valence-corrected chi connectivity index (χ3v) is 13.9. The van der Waals surface area contributed by atoms with Crippen LogP contribution in [0.3, 0.4) is 0 Å². The Morgan fingerprint density at radius 1 is 1.27 bits per heavy atom. The quantitative estimate of drug-likeness (QED) is 0.0882. The number of ether oxygens (including phenoxy) is 1. The Balaban J connectivity index is 1.07. The molecule has 3 aliphatic carbocycles. The predicted molar refractivity (Wildman–Crippen MR) is 188 cm³/mol. The standard InChI is InChI=1S/C35H41IN8O4/c1-5-33(3)14-22(34(4)26(36)10-12-35(20(2)30(33)47)11-9-25(45)29(34)35)17-48-27(46)16-44-15-24(42-43-44)21-7-6-8-23(13-21)41-32-28-31(38-18-37-28)39-19-40-32/h5-8,13,15,18-20,22,26,29-30,47H,1,9-12,14,16-17H2,2-4H3,(H2,37,38,39,40,41)/t20-,22-,26?,29-,30-,33+,34+,35+/m0/s1. The topological polar surface area (TPSA) is 161 Å². The number of nitrogens with one attached hydrogen (secondary N) is 2. The average molecular weight is 765 g/mol. The fourth-order valence-electron chi connectivity index (χ4n) is 9.13. The lowest BCUT2D eigenvalue weighted by Gasteiger charge is -2.62. The molecule has 7 rings (SSSR count). The first-order chi connectivity index (χ1) is 23.0. The summed E-state index contributed by atoms with van der Waals surface area (Å²) in [6.45, 7) is 10.6. The van der Waals surface area contributed by atoms with Crippen LogP contribution in [0.1, 0.15) is 52.9 Å². The number of carbonyl (C=O) groups is 2. The van der Waals surface area contributed by atoms with E-state index < -0.39 is 17.5 Å². The van der Waals surface area contributed by atoms with E-state index in [9.17, 15) is 14.7 Å². The minimum absolute atomic E-state index is 0.0405. The van der Waals surface area contributed by atoms with Crippen molar-refractivity contribution >= 4 is 57.0 Å². The van der Waals surface area contributed by atoms with Gasteiger partial charge in [0, 0.05) is 38.8 Å². The summed E-state index contributed by atoms with van der Waals surface area (Å²) in [7, 11) is 0. The second-order valence-electron chi connectivity index (χ2n) is 14.4. The van der Waals surface area contributed by atoms with E-state index in [2.05, 4.69) is 85.5 Å². The molecule has 0 aliphatic heterocycles. The molecule has 3 aromatic heterocycles. The van der Waals surface area contributed by atoms with Crippen molar-refractivity contribution < 1.29 is 19.4 Å². The van der Waals surface area contributed by atoms with Gasteiger partial charge in [-0.3, -0.25) is 9.59 Å². The second-order valence-corrected chi connectivity index (χ2v) is 15.9. The van der Waals surface area contributed by atoms with Crippen molar-refractivity contribution in [2.24, 2.45) is 34.0 Å². The molecule has 3 N–H and O–H groups in total. The van der Waals surface area contributed by atoms with Crippen LogP contribution < -0.4 is 5.32 Å². The van der Waals surface area contributed by atoms with E-state index in [0.29, 0.717) is 35.5 Å². The van der Waals surface area contributed by atoms with Gasteiger partial charge in [-0.25, -0.2) is 19.6 Å². The molecule has 3 saturated carbocycles. The normalized spacial score (nSPS) is 33.1. The molecule has 8 atom stereocenters. The molecule has 4 aromatic rings. The Morgan fingerprint density at radius 2 is 2.10 bits per heavy atom. The molecule has 48 heavy (non-hydrogen) atoms. The van der Waals surface area contributed by atoms with Gasteiger partial charge in [-0.1, -0.05) is 66.8 Å². The number of halogens is 1. The maximum absolute atomic E-state index is 13.7. The van der Waals surface area contributed by atoms with E-state index in [1.54, 1.807) is 12.5 Å². The van der Waals surface area contributed by atoms with Crippen LogP contribution in [-0.4, -0.2) is 68.4 Å². The summed E-state index contributed by atoms with van der Waals surface area (Å²) in [6, 6.07) is 7.65. The lowest BCUT2D eigenvalue weighted by molar-refractivity contribution is -0.169. The molecule has 1 unspecified atom stereocenters. The van der Waals surface area contributed by atoms with Gasteiger partial charge in [0.2, 0.25) is 0 Å². The third kappa shape index (κ3) is 5.33. The largest absolute Gasteiger partial charge is 0.464 e. The number of imidazole rings is 1. The molecule has 13 heteroatoms. The highest BCUT2D eigenvalue weighted by Gasteiger charge is 2.67. The zero-order chi connectivity index (χ0) is 33.8. The molecule has 1 aromatic carbocycles. The van der Waals surface area contributed by atoms with Crippen LogP contribution in [0.4, 0.5) is 11.5 Å². The van der Waals surface area contributed by atoms with Crippen LogP contribution >= 0.6 is 22.6 Å². The van der Waals surface area contributed by atoms with Crippen molar-refractivity contribution in [2.75, 3.05) is 11.9 Å². The number of Topliss-reactive ketones (excluding diaryl/α,β-unsaturated/α-hetero) is 1. The molecule has 3 heterocycles. The summed E-state index contributed by atoms with van der Waals surface area (Å²) in [5.74, 6) is 0.102. The lowest BCUT2D eigenvalue weighted by atomic mass is 9.44. The summed E-state index contributed by atoms with van der Waals surface area (Å²) in [5.41, 5.74) is 2.23. The van der Waals surface area contributed by atoms with Crippen LogP contribution in [-0.2, 0) is 20.9 Å². The molecule has 3 fully saturated rings. The minimum atomic E-state index is -0.647. The van der Waals surface area contributed by atoms with Crippen molar-refractivity contribution in [1.29, 1.82) is 0 Å². The maximum Gasteiger partial charge on any atom is 0.327 e. The number of nitrogens with zero attached hydrogens (tertiary/aromatic N) is 6. The monoisotopic (exact) mass is 764 g/mol. The van der Waals surface area contributed by atoms with Gasteiger partial charge in [0.25, 0.3) is 0 Å². The Morgan fingerprint density at radius 3 is 2.92 bits per heavy atom. The molecule has 0 saturated heterocycles. The zero-order valence-electron chi connectivity index (χ0n) is 27.4. The predicted octanol–water partition coefficient (Wildman–Crippen LogP) is 5.68. The van der Waals surface area contributed by atoms with Gasteiger partial charge in [0.1, 0.15) is 29.9 Å². The van der Waals surface area contributed by atoms with E-state index in [1.165, 1.54) is 11.0 Å². The Hall–Kier alpha value is -3.72. The molecule has 0 spiro atoms. The van der Waals surface area contributed by atoms with Gasteiger partial charge in [-0.2, -0.15) is 0 Å². The smallest absolute Gasteiger partial charge is 0.327 e. The fraction of sp³-hybridized carbons (Fsp3) is 0.514. The van der Waals surface area contributed by atoms with Crippen LogP contribution in [0, 0.1) is 34.0 Å². The Bertz CT molecular complexity index is 1880. The first kappa shape index (κ1) is 32.8. The van der Waals surface area contributed by atoms with Gasteiger partial charge in [0.05, 0.1) is 25.2 Å². The van der Waals surface area contributed by atoms with Gasteiger partial charge in [-0.15, -0.1) is 11.7 Å². The number of aliphatic hydroxyl groups excluding tert-OH is 1. The SMILES string of the molecule is C=C[C@]1(C)C[C@@H](COC(=O)Cn2cc(-c3cccc(Nc4ncnc5nc[nH]c45)c3)nn2)[C@]2(C)C(I)CC[C@]3(CCC(=O)[C@H]32)[C@@H](C)[C@@H]1O. The number of aromatic nitrogens is 7. The average Bonchev–Trinajstić information content (AvgIpc) is 3.84. The number of esters is 1. The summed E-state index contributed by atoms with van der Waals surface area (Å²) < 4.78 is 7.72. The van der Waals surface area contributed by atoms with Crippen molar-refractivity contribution in [3.05, 3.63) is 55.8 Å². The highest BCUT2D eigenvalue weighted by atomic mass is 127.